The Morgan fingerprint density at radius 2 is 1.62 bits per heavy atom. The summed E-state index contributed by atoms with van der Waals surface area (Å²) in [5.41, 5.74) is 0.122. The Kier molecular flexibility index (Phi) is 4.06. The van der Waals surface area contributed by atoms with Crippen molar-refractivity contribution < 1.29 is 22.8 Å². The van der Waals surface area contributed by atoms with Gasteiger partial charge in [0.15, 0.2) is 0 Å². The predicted molar refractivity (Wildman–Crippen MR) is 78.4 cm³/mol. The summed E-state index contributed by atoms with van der Waals surface area (Å²) in [5.74, 6) is 0.356. The van der Waals surface area contributed by atoms with Crippen molar-refractivity contribution in [1.29, 1.82) is 0 Å². The van der Waals surface area contributed by atoms with E-state index < -0.39 is 24.7 Å². The zero-order valence-electron chi connectivity index (χ0n) is 13.3. The lowest BCUT2D eigenvalue weighted by atomic mass is 9.77. The quantitative estimate of drug-likeness (QED) is 0.802. The third-order valence-corrected chi connectivity index (χ3v) is 4.36. The van der Waals surface area contributed by atoms with E-state index in [-0.39, 0.29) is 5.56 Å². The van der Waals surface area contributed by atoms with Crippen LogP contribution < -0.4 is 10.2 Å². The highest BCUT2D eigenvalue weighted by molar-refractivity contribution is 6.63. The number of aryl methyl sites for hydroxylation is 1. The topological polar surface area (TPSA) is 27.7 Å². The molecule has 1 aromatic rings. The lowest BCUT2D eigenvalue weighted by Gasteiger charge is -2.32. The average molecular weight is 298 g/mol. The normalized spacial score (nSPS) is 20.1. The molecule has 0 unspecified atom stereocenters. The van der Waals surface area contributed by atoms with Crippen molar-refractivity contribution in [3.8, 4) is 5.75 Å². The number of halogens is 2. The molecule has 116 valence electrons. The number of benzene rings is 1. The van der Waals surface area contributed by atoms with Crippen LogP contribution in [0.1, 0.15) is 45.2 Å². The van der Waals surface area contributed by atoms with E-state index in [1.807, 2.05) is 27.7 Å². The van der Waals surface area contributed by atoms with Crippen LogP contribution in [0, 0.1) is 6.92 Å². The summed E-state index contributed by atoms with van der Waals surface area (Å²) < 4.78 is 43.1. The summed E-state index contributed by atoms with van der Waals surface area (Å²) >= 11 is 0. The number of hydrogen-bond donors (Lipinski definition) is 0. The fraction of sp³-hybridized carbons (Fsp3) is 0.600. The van der Waals surface area contributed by atoms with Crippen LogP contribution in [0.4, 0.5) is 8.78 Å². The lowest BCUT2D eigenvalue weighted by Crippen LogP contribution is -2.41. The van der Waals surface area contributed by atoms with Gasteiger partial charge in [-0.2, -0.15) is 0 Å². The molecule has 3 nitrogen and oxygen atoms in total. The highest BCUT2D eigenvalue weighted by Crippen LogP contribution is 2.37. The zero-order chi connectivity index (χ0) is 16.0. The molecule has 1 heterocycles. The first-order chi connectivity index (χ1) is 9.59. The Balaban J connectivity index is 2.44. The van der Waals surface area contributed by atoms with Gasteiger partial charge in [-0.15, -0.1) is 0 Å². The first-order valence-corrected chi connectivity index (χ1v) is 6.91. The number of ether oxygens (including phenoxy) is 1. The van der Waals surface area contributed by atoms with Crippen molar-refractivity contribution in [2.45, 2.75) is 52.2 Å². The van der Waals surface area contributed by atoms with Gasteiger partial charge < -0.3 is 14.0 Å². The van der Waals surface area contributed by atoms with E-state index in [9.17, 15) is 8.78 Å². The Morgan fingerprint density at radius 1 is 1.10 bits per heavy atom. The fourth-order valence-corrected chi connectivity index (χ4v) is 2.29. The van der Waals surface area contributed by atoms with Crippen molar-refractivity contribution in [3.05, 3.63) is 23.3 Å². The molecule has 6 heteroatoms. The van der Waals surface area contributed by atoms with Crippen LogP contribution in [0.2, 0.25) is 0 Å². The molecule has 1 fully saturated rings. The molecular formula is C15H21BF2O3. The number of rotatable bonds is 3. The van der Waals surface area contributed by atoms with Crippen LogP contribution in [0.25, 0.3) is 0 Å². The highest BCUT2D eigenvalue weighted by Gasteiger charge is 2.52. The molecule has 0 saturated carbocycles. The fourth-order valence-electron chi connectivity index (χ4n) is 2.29. The van der Waals surface area contributed by atoms with Gasteiger partial charge in [-0.25, -0.2) is 8.78 Å². The molecular weight excluding hydrogens is 277 g/mol. The van der Waals surface area contributed by atoms with Crippen molar-refractivity contribution in [2.24, 2.45) is 0 Å². The van der Waals surface area contributed by atoms with Crippen LogP contribution in [-0.4, -0.2) is 25.4 Å². The van der Waals surface area contributed by atoms with E-state index in [1.54, 1.807) is 13.0 Å². The van der Waals surface area contributed by atoms with Crippen molar-refractivity contribution in [2.75, 3.05) is 7.11 Å². The monoisotopic (exact) mass is 298 g/mol. The van der Waals surface area contributed by atoms with Gasteiger partial charge in [0, 0.05) is 11.0 Å². The summed E-state index contributed by atoms with van der Waals surface area (Å²) in [4.78, 5) is 0. The smallest absolute Gasteiger partial charge is 0.497 e. The van der Waals surface area contributed by atoms with Crippen LogP contribution in [-0.2, 0) is 9.31 Å². The minimum absolute atomic E-state index is 0.0351. The maximum absolute atomic E-state index is 13.0. The lowest BCUT2D eigenvalue weighted by molar-refractivity contribution is 0.00578. The van der Waals surface area contributed by atoms with Gasteiger partial charge in [0.2, 0.25) is 0 Å². The van der Waals surface area contributed by atoms with Gasteiger partial charge in [-0.3, -0.25) is 0 Å². The van der Waals surface area contributed by atoms with Gasteiger partial charge in [-0.05, 0) is 46.2 Å². The van der Waals surface area contributed by atoms with Gasteiger partial charge in [0.25, 0.3) is 6.43 Å². The molecule has 0 N–H and O–H groups in total. The van der Waals surface area contributed by atoms with E-state index in [0.29, 0.717) is 16.8 Å². The van der Waals surface area contributed by atoms with Crippen LogP contribution in [0.3, 0.4) is 0 Å². The Bertz CT molecular complexity index is 528. The van der Waals surface area contributed by atoms with E-state index in [4.69, 9.17) is 14.0 Å². The Labute approximate surface area is 124 Å². The first-order valence-electron chi connectivity index (χ1n) is 6.91. The first kappa shape index (κ1) is 16.2. The van der Waals surface area contributed by atoms with E-state index >= 15 is 0 Å². The standard InChI is InChI=1S/C15H21BF2O3/c1-9-7-11(12(19-6)8-10(9)13(17)18)16-20-14(2,3)15(4,5)21-16/h7-8,13H,1-6H3. The van der Waals surface area contributed by atoms with E-state index in [1.165, 1.54) is 13.2 Å². The molecule has 0 spiro atoms. The molecule has 1 saturated heterocycles. The molecule has 1 aliphatic rings. The summed E-state index contributed by atoms with van der Waals surface area (Å²) in [7, 11) is 0.824. The zero-order valence-corrected chi connectivity index (χ0v) is 13.3. The second-order valence-electron chi connectivity index (χ2n) is 6.34. The minimum atomic E-state index is -2.54. The molecule has 21 heavy (non-hydrogen) atoms. The predicted octanol–water partition coefficient (Wildman–Crippen LogP) is 3.24. The summed E-state index contributed by atoms with van der Waals surface area (Å²) in [5, 5.41) is 0. The molecule has 0 aliphatic carbocycles. The molecule has 0 aromatic heterocycles. The van der Waals surface area contributed by atoms with E-state index in [2.05, 4.69) is 0 Å². The largest absolute Gasteiger partial charge is 0.498 e. The third kappa shape index (κ3) is 2.79. The van der Waals surface area contributed by atoms with Crippen LogP contribution >= 0.6 is 0 Å². The second kappa shape index (κ2) is 5.25. The average Bonchev–Trinajstić information content (AvgIpc) is 2.57. The Morgan fingerprint density at radius 3 is 2.05 bits per heavy atom. The maximum Gasteiger partial charge on any atom is 0.498 e. The SMILES string of the molecule is COc1cc(C(F)F)c(C)cc1B1OC(C)(C)C(C)(C)O1. The summed E-state index contributed by atoms with van der Waals surface area (Å²) in [6, 6.07) is 3.02. The molecule has 0 radical (unpaired) electrons. The number of methoxy groups -OCH3 is 1. The van der Waals surface area contributed by atoms with Gasteiger partial charge in [0.05, 0.1) is 18.3 Å². The van der Waals surface area contributed by atoms with Crippen molar-refractivity contribution in [1.82, 2.24) is 0 Å². The molecule has 1 aliphatic heterocycles. The minimum Gasteiger partial charge on any atom is -0.497 e. The third-order valence-electron chi connectivity index (χ3n) is 4.36. The molecule has 0 amide bonds. The molecule has 1 aromatic carbocycles. The Hall–Kier alpha value is -1.14. The summed E-state index contributed by atoms with van der Waals surface area (Å²) in [6.45, 7) is 9.43. The van der Waals surface area contributed by atoms with Crippen LogP contribution in [0.5, 0.6) is 5.75 Å². The van der Waals surface area contributed by atoms with Gasteiger partial charge in [0.1, 0.15) is 5.75 Å². The number of alkyl halides is 2. The highest BCUT2D eigenvalue weighted by atomic mass is 19.3. The molecule has 2 rings (SSSR count). The second-order valence-corrected chi connectivity index (χ2v) is 6.34. The van der Waals surface area contributed by atoms with Crippen molar-refractivity contribution >= 4 is 12.6 Å². The van der Waals surface area contributed by atoms with E-state index in [0.717, 1.165) is 0 Å². The molecule has 0 bridgehead atoms. The van der Waals surface area contributed by atoms with Crippen LogP contribution in [0.15, 0.2) is 12.1 Å². The number of hydrogen-bond acceptors (Lipinski definition) is 3. The maximum atomic E-state index is 13.0. The van der Waals surface area contributed by atoms with Gasteiger partial charge >= 0.3 is 7.12 Å². The molecule has 0 atom stereocenters. The van der Waals surface area contributed by atoms with Gasteiger partial charge in [-0.1, -0.05) is 6.07 Å². The van der Waals surface area contributed by atoms with Crippen molar-refractivity contribution in [3.63, 3.8) is 0 Å². The summed E-state index contributed by atoms with van der Waals surface area (Å²) in [6.07, 6.45) is -2.54.